The highest BCUT2D eigenvalue weighted by Gasteiger charge is 2.30. The fraction of sp³-hybridized carbons (Fsp3) is 0.333. The first kappa shape index (κ1) is 21.5. The van der Waals surface area contributed by atoms with E-state index < -0.39 is 0 Å². The van der Waals surface area contributed by atoms with E-state index in [1.807, 2.05) is 53.8 Å². The summed E-state index contributed by atoms with van der Waals surface area (Å²) in [6.45, 7) is 3.47. The number of esters is 1. The SMILES string of the molecule is CCOC(=O)[C@@H]1CCCN(c2nc3cc(Cl)ccc3c3nnc(-c4ccccc4OC)n23)C1. The van der Waals surface area contributed by atoms with Gasteiger partial charge in [0.2, 0.25) is 5.95 Å². The average Bonchev–Trinajstić information content (AvgIpc) is 3.28. The molecule has 0 bridgehead atoms. The zero-order chi connectivity index (χ0) is 22.9. The Morgan fingerprint density at radius 1 is 1.21 bits per heavy atom. The quantitative estimate of drug-likeness (QED) is 0.404. The van der Waals surface area contributed by atoms with Gasteiger partial charge in [-0.1, -0.05) is 23.7 Å². The molecule has 0 saturated carbocycles. The van der Waals surface area contributed by atoms with E-state index >= 15 is 0 Å². The van der Waals surface area contributed by atoms with Crippen molar-refractivity contribution in [3.05, 3.63) is 47.5 Å². The van der Waals surface area contributed by atoms with Gasteiger partial charge >= 0.3 is 5.97 Å². The van der Waals surface area contributed by atoms with Crippen LogP contribution >= 0.6 is 11.6 Å². The molecule has 170 valence electrons. The van der Waals surface area contributed by atoms with Gasteiger partial charge in [-0.3, -0.25) is 4.79 Å². The van der Waals surface area contributed by atoms with Gasteiger partial charge in [0.1, 0.15) is 5.75 Å². The summed E-state index contributed by atoms with van der Waals surface area (Å²) in [5.74, 6) is 1.60. The van der Waals surface area contributed by atoms with Gasteiger partial charge in [-0.2, -0.15) is 0 Å². The topological polar surface area (TPSA) is 81.9 Å². The van der Waals surface area contributed by atoms with Crippen LogP contribution in [0, 0.1) is 5.92 Å². The lowest BCUT2D eigenvalue weighted by atomic mass is 9.98. The Bertz CT molecular complexity index is 1340. The second kappa shape index (κ2) is 8.86. The maximum absolute atomic E-state index is 12.5. The molecule has 1 atom stereocenters. The number of ether oxygens (including phenoxy) is 2. The van der Waals surface area contributed by atoms with E-state index in [4.69, 9.17) is 26.1 Å². The molecule has 3 heterocycles. The predicted molar refractivity (Wildman–Crippen MR) is 127 cm³/mol. The van der Waals surface area contributed by atoms with E-state index in [0.717, 1.165) is 35.9 Å². The van der Waals surface area contributed by atoms with Gasteiger partial charge in [0, 0.05) is 23.5 Å². The van der Waals surface area contributed by atoms with E-state index in [9.17, 15) is 4.79 Å². The molecule has 1 fully saturated rings. The van der Waals surface area contributed by atoms with Crippen molar-refractivity contribution in [2.75, 3.05) is 31.7 Å². The molecule has 4 aromatic rings. The first-order chi connectivity index (χ1) is 16.1. The van der Waals surface area contributed by atoms with Crippen molar-refractivity contribution in [1.82, 2.24) is 19.6 Å². The molecule has 9 heteroatoms. The third kappa shape index (κ3) is 3.84. The smallest absolute Gasteiger partial charge is 0.310 e. The van der Waals surface area contributed by atoms with Crippen LogP contribution in [0.15, 0.2) is 42.5 Å². The van der Waals surface area contributed by atoms with Crippen molar-refractivity contribution in [3.63, 3.8) is 0 Å². The maximum atomic E-state index is 12.5. The normalized spacial score (nSPS) is 16.3. The molecule has 0 amide bonds. The first-order valence-electron chi connectivity index (χ1n) is 11.0. The van der Waals surface area contributed by atoms with Gasteiger partial charge in [0.25, 0.3) is 0 Å². The lowest BCUT2D eigenvalue weighted by molar-refractivity contribution is -0.148. The van der Waals surface area contributed by atoms with Crippen LogP contribution in [0.1, 0.15) is 19.8 Å². The molecule has 5 rings (SSSR count). The fourth-order valence-corrected chi connectivity index (χ4v) is 4.59. The first-order valence-corrected chi connectivity index (χ1v) is 11.4. The van der Waals surface area contributed by atoms with Gasteiger partial charge in [-0.25, -0.2) is 9.38 Å². The number of carbonyl (C=O) groups excluding carboxylic acids is 1. The molecular formula is C24H24ClN5O3. The number of para-hydroxylation sites is 1. The number of methoxy groups -OCH3 is 1. The molecule has 0 spiro atoms. The largest absolute Gasteiger partial charge is 0.496 e. The van der Waals surface area contributed by atoms with Crippen LogP contribution in [0.2, 0.25) is 5.02 Å². The Labute approximate surface area is 196 Å². The van der Waals surface area contributed by atoms with E-state index in [2.05, 4.69) is 15.1 Å². The number of rotatable bonds is 5. The van der Waals surface area contributed by atoms with E-state index in [-0.39, 0.29) is 11.9 Å². The number of halogens is 1. The minimum absolute atomic E-state index is 0.170. The van der Waals surface area contributed by atoms with Crippen LogP contribution in [0.4, 0.5) is 5.95 Å². The summed E-state index contributed by atoms with van der Waals surface area (Å²) in [4.78, 5) is 19.6. The average molecular weight is 466 g/mol. The highest BCUT2D eigenvalue weighted by molar-refractivity contribution is 6.31. The third-order valence-electron chi connectivity index (χ3n) is 5.96. The predicted octanol–water partition coefficient (Wildman–Crippen LogP) is 4.39. The lowest BCUT2D eigenvalue weighted by Gasteiger charge is -2.32. The van der Waals surface area contributed by atoms with Crippen LogP contribution < -0.4 is 9.64 Å². The standard InChI is InChI=1S/C24H24ClN5O3/c1-3-33-23(31)15-7-6-12-29(14-15)24-26-19-13-16(25)10-11-17(19)21-27-28-22(30(21)24)18-8-4-5-9-20(18)32-2/h4-5,8-11,13,15H,3,6-7,12,14H2,1-2H3/t15-/m1/s1. The van der Waals surface area contributed by atoms with Crippen molar-refractivity contribution in [2.24, 2.45) is 5.92 Å². The van der Waals surface area contributed by atoms with Gasteiger partial charge in [-0.15, -0.1) is 10.2 Å². The Morgan fingerprint density at radius 2 is 2.06 bits per heavy atom. The lowest BCUT2D eigenvalue weighted by Crippen LogP contribution is -2.40. The molecule has 8 nitrogen and oxygen atoms in total. The zero-order valence-electron chi connectivity index (χ0n) is 18.5. The molecule has 1 saturated heterocycles. The van der Waals surface area contributed by atoms with Crippen molar-refractivity contribution >= 4 is 40.1 Å². The number of aromatic nitrogens is 4. The van der Waals surface area contributed by atoms with Crippen LogP contribution in [0.3, 0.4) is 0 Å². The summed E-state index contributed by atoms with van der Waals surface area (Å²) < 4.78 is 12.8. The second-order valence-electron chi connectivity index (χ2n) is 7.99. The van der Waals surface area contributed by atoms with Gasteiger partial charge < -0.3 is 14.4 Å². The number of piperidine rings is 1. The van der Waals surface area contributed by atoms with E-state index in [1.165, 1.54) is 0 Å². The Kier molecular flexibility index (Phi) is 5.76. The minimum Gasteiger partial charge on any atom is -0.496 e. The summed E-state index contributed by atoms with van der Waals surface area (Å²) in [6.07, 6.45) is 1.64. The zero-order valence-corrected chi connectivity index (χ0v) is 19.2. The number of nitrogens with zero attached hydrogens (tertiary/aromatic N) is 5. The Balaban J connectivity index is 1.72. The monoisotopic (exact) mass is 465 g/mol. The molecular weight excluding hydrogens is 442 g/mol. The fourth-order valence-electron chi connectivity index (χ4n) is 4.42. The Hall–Kier alpha value is -3.39. The number of hydrogen-bond acceptors (Lipinski definition) is 7. The van der Waals surface area contributed by atoms with Crippen LogP contribution in [-0.4, -0.2) is 52.4 Å². The van der Waals surface area contributed by atoms with Gasteiger partial charge in [-0.05, 0) is 50.1 Å². The molecule has 33 heavy (non-hydrogen) atoms. The molecule has 0 unspecified atom stereocenters. The minimum atomic E-state index is -0.211. The highest BCUT2D eigenvalue weighted by atomic mass is 35.5. The van der Waals surface area contributed by atoms with Crippen molar-refractivity contribution in [1.29, 1.82) is 0 Å². The molecule has 0 radical (unpaired) electrons. The molecule has 0 aliphatic carbocycles. The number of hydrogen-bond donors (Lipinski definition) is 0. The highest BCUT2D eigenvalue weighted by Crippen LogP contribution is 2.34. The third-order valence-corrected chi connectivity index (χ3v) is 6.19. The second-order valence-corrected chi connectivity index (χ2v) is 8.43. The van der Waals surface area contributed by atoms with E-state index in [0.29, 0.717) is 41.3 Å². The summed E-state index contributed by atoms with van der Waals surface area (Å²) in [6, 6.07) is 13.2. The molecule has 1 aliphatic heterocycles. The number of anilines is 1. The summed E-state index contributed by atoms with van der Waals surface area (Å²) in [7, 11) is 1.63. The van der Waals surface area contributed by atoms with Crippen molar-refractivity contribution in [3.8, 4) is 17.1 Å². The number of carbonyl (C=O) groups is 1. The Morgan fingerprint density at radius 3 is 2.88 bits per heavy atom. The van der Waals surface area contributed by atoms with Crippen LogP contribution in [0.25, 0.3) is 27.9 Å². The van der Waals surface area contributed by atoms with Gasteiger partial charge in [0.05, 0.1) is 30.7 Å². The number of fused-ring (bicyclic) bond motifs is 3. The number of benzene rings is 2. The molecule has 2 aromatic heterocycles. The van der Waals surface area contributed by atoms with Crippen molar-refractivity contribution in [2.45, 2.75) is 19.8 Å². The van der Waals surface area contributed by atoms with Crippen LogP contribution in [0.5, 0.6) is 5.75 Å². The maximum Gasteiger partial charge on any atom is 0.310 e. The summed E-state index contributed by atoms with van der Waals surface area (Å²) in [5, 5.41) is 10.5. The molecule has 2 aromatic carbocycles. The summed E-state index contributed by atoms with van der Waals surface area (Å²) >= 11 is 6.27. The molecule has 0 N–H and O–H groups in total. The van der Waals surface area contributed by atoms with E-state index in [1.54, 1.807) is 7.11 Å². The van der Waals surface area contributed by atoms with Crippen LogP contribution in [-0.2, 0) is 9.53 Å². The molecule has 1 aliphatic rings. The summed E-state index contributed by atoms with van der Waals surface area (Å²) in [5.41, 5.74) is 2.20. The van der Waals surface area contributed by atoms with Crippen molar-refractivity contribution < 1.29 is 14.3 Å². The van der Waals surface area contributed by atoms with Gasteiger partial charge in [0.15, 0.2) is 11.5 Å².